The fraction of sp³-hybridized carbons (Fsp3) is 0.118. The molecule has 0 saturated carbocycles. The maximum atomic E-state index is 12.1. The van der Waals surface area contributed by atoms with Crippen LogP contribution in [0.2, 0.25) is 0 Å². The largest absolute Gasteiger partial charge is 0.322 e. The van der Waals surface area contributed by atoms with Crippen LogP contribution in [-0.4, -0.2) is 44.3 Å². The quantitative estimate of drug-likeness (QED) is 0.223. The van der Waals surface area contributed by atoms with Crippen LogP contribution in [0, 0.1) is 24.0 Å². The average molecular weight is 565 g/mol. The molecule has 0 aliphatic rings. The molecule has 5 aromatic rings. The van der Waals surface area contributed by atoms with Gasteiger partial charge in [0.05, 0.1) is 16.3 Å². The molecule has 5 heterocycles. The van der Waals surface area contributed by atoms with Crippen molar-refractivity contribution in [2.24, 2.45) is 0 Å². The Kier molecular flexibility index (Phi) is 4.42. The summed E-state index contributed by atoms with van der Waals surface area (Å²) >= 11 is 6.36. The zero-order valence-electron chi connectivity index (χ0n) is 16.2. The number of aromatic amines is 3. The van der Waals surface area contributed by atoms with Crippen molar-refractivity contribution in [1.82, 2.24) is 39.4 Å². The van der Waals surface area contributed by atoms with Crippen molar-refractivity contribution in [2.45, 2.75) is 13.8 Å². The van der Waals surface area contributed by atoms with E-state index >= 15 is 0 Å². The first-order valence-electron chi connectivity index (χ1n) is 8.95. The van der Waals surface area contributed by atoms with Gasteiger partial charge in [-0.25, -0.2) is 19.0 Å². The molecule has 3 N–H and O–H groups in total. The van der Waals surface area contributed by atoms with Crippen LogP contribution in [0.5, 0.6) is 0 Å². The Morgan fingerprint density at radius 2 is 1.44 bits per heavy atom. The molecule has 0 spiro atoms. The Bertz CT molecular complexity index is 1590. The number of aromatic nitrogens is 8. The molecule has 5 aromatic heterocycles. The number of H-pyrrole nitrogens is 3. The van der Waals surface area contributed by atoms with E-state index in [2.05, 4.69) is 62.2 Å². The zero-order valence-corrected chi connectivity index (χ0v) is 19.4. The number of nitro groups is 1. The fourth-order valence-electron chi connectivity index (χ4n) is 3.57. The minimum Gasteiger partial charge on any atom is -0.270 e. The summed E-state index contributed by atoms with van der Waals surface area (Å²) in [4.78, 5) is 43.9. The van der Waals surface area contributed by atoms with E-state index in [0.717, 1.165) is 0 Å². The highest BCUT2D eigenvalue weighted by atomic mass is 79.9. The smallest absolute Gasteiger partial charge is 0.270 e. The fourth-order valence-corrected chi connectivity index (χ4v) is 4.30. The van der Waals surface area contributed by atoms with E-state index in [1.165, 1.54) is 21.4 Å². The maximum absolute atomic E-state index is 12.1. The van der Waals surface area contributed by atoms with Gasteiger partial charge in [0.15, 0.2) is 17.0 Å². The number of hydrogen-bond acceptors (Lipinski definition) is 7. The van der Waals surface area contributed by atoms with Crippen molar-refractivity contribution in [1.29, 1.82) is 0 Å². The normalized spacial score (nSPS) is 11.6. The number of aryl methyl sites for hydroxylation is 2. The molecule has 32 heavy (non-hydrogen) atoms. The Balaban J connectivity index is 1.77. The Labute approximate surface area is 192 Å². The number of hydrogen-bond donors (Lipinski definition) is 3. The summed E-state index contributed by atoms with van der Waals surface area (Å²) in [6.07, 6.45) is 2.85. The minimum atomic E-state index is -0.552. The van der Waals surface area contributed by atoms with Crippen LogP contribution < -0.4 is 11.1 Å². The molecular weight excluding hydrogens is 554 g/mol. The van der Waals surface area contributed by atoms with Gasteiger partial charge in [0.25, 0.3) is 11.1 Å². The van der Waals surface area contributed by atoms with E-state index in [4.69, 9.17) is 0 Å². The van der Waals surface area contributed by atoms with Gasteiger partial charge >= 0.3 is 5.69 Å². The van der Waals surface area contributed by atoms with Crippen molar-refractivity contribution in [3.63, 3.8) is 0 Å². The van der Waals surface area contributed by atoms with Gasteiger partial charge < -0.3 is 0 Å². The first kappa shape index (κ1) is 20.3. The highest BCUT2D eigenvalue weighted by Crippen LogP contribution is 2.38. The van der Waals surface area contributed by atoms with E-state index < -0.39 is 4.92 Å². The van der Waals surface area contributed by atoms with Gasteiger partial charge in [-0.15, -0.1) is 0 Å². The predicted octanol–water partition coefficient (Wildman–Crippen LogP) is 2.47. The number of fused-ring (bicyclic) bond motifs is 2. The molecule has 0 aliphatic heterocycles. The lowest BCUT2D eigenvalue weighted by atomic mass is 10.1. The SMILES string of the molecule is Cc1c(-c2n[nH]c(-c3cnc4c(Br)c(=O)[nH]n4c3C)c2[N+](=O)[O-])cnc2c(Br)c(=O)[nH]n12. The van der Waals surface area contributed by atoms with Crippen molar-refractivity contribution in [2.75, 3.05) is 0 Å². The van der Waals surface area contributed by atoms with E-state index in [1.54, 1.807) is 13.8 Å². The molecule has 0 aromatic carbocycles. The van der Waals surface area contributed by atoms with Crippen molar-refractivity contribution in [3.8, 4) is 22.5 Å². The second-order valence-electron chi connectivity index (χ2n) is 6.90. The third-order valence-corrected chi connectivity index (χ3v) is 6.60. The molecule has 0 aliphatic carbocycles. The molecule has 0 radical (unpaired) electrons. The van der Waals surface area contributed by atoms with Crippen molar-refractivity contribution in [3.05, 3.63) is 63.5 Å². The van der Waals surface area contributed by atoms with Gasteiger partial charge in [-0.1, -0.05) is 0 Å². The standard InChI is InChI=1S/C17H11Br2N9O4/c1-5-7(3-20-14-9(18)16(29)24-26(5)14)11-13(28(31)32)12(23-22-11)8-4-21-15-10(19)17(30)25-27(15)6(8)2/h3-4H,1-2H3,(H,22,23)(H,24,29)(H,25,30). The van der Waals surface area contributed by atoms with Crippen LogP contribution in [0.25, 0.3) is 33.8 Å². The Morgan fingerprint density at radius 1 is 0.938 bits per heavy atom. The summed E-state index contributed by atoms with van der Waals surface area (Å²) in [5.41, 5.74) is 1.57. The highest BCUT2D eigenvalue weighted by Gasteiger charge is 2.30. The van der Waals surface area contributed by atoms with E-state index in [0.29, 0.717) is 33.8 Å². The van der Waals surface area contributed by atoms with E-state index in [-0.39, 0.29) is 37.1 Å². The van der Waals surface area contributed by atoms with Crippen LogP contribution in [0.1, 0.15) is 11.4 Å². The van der Waals surface area contributed by atoms with Gasteiger partial charge in [-0.2, -0.15) is 5.10 Å². The molecule has 0 saturated heterocycles. The van der Waals surface area contributed by atoms with Crippen molar-refractivity contribution >= 4 is 48.8 Å². The first-order chi connectivity index (χ1) is 15.2. The van der Waals surface area contributed by atoms with Gasteiger partial charge in [0.2, 0.25) is 0 Å². The molecule has 0 bridgehead atoms. The number of halogens is 2. The molecule has 0 atom stereocenters. The third-order valence-electron chi connectivity index (χ3n) is 5.17. The van der Waals surface area contributed by atoms with Gasteiger partial charge in [-0.3, -0.25) is 35.0 Å². The molecule has 0 amide bonds. The molecule has 13 nitrogen and oxygen atoms in total. The molecule has 162 valence electrons. The van der Waals surface area contributed by atoms with E-state index in [1.807, 2.05) is 0 Å². The summed E-state index contributed by atoms with van der Waals surface area (Å²) in [5.74, 6) is 0. The Hall–Kier alpha value is -3.59. The monoisotopic (exact) mass is 563 g/mol. The average Bonchev–Trinajstić information content (AvgIpc) is 3.40. The summed E-state index contributed by atoms with van der Waals surface area (Å²) in [6, 6.07) is 0. The Morgan fingerprint density at radius 3 is 1.97 bits per heavy atom. The van der Waals surface area contributed by atoms with Gasteiger partial charge in [0.1, 0.15) is 14.6 Å². The summed E-state index contributed by atoms with van der Waals surface area (Å²) in [6.45, 7) is 3.38. The van der Waals surface area contributed by atoms with Gasteiger partial charge in [0, 0.05) is 23.5 Å². The highest BCUT2D eigenvalue weighted by molar-refractivity contribution is 9.11. The summed E-state index contributed by atoms with van der Waals surface area (Å²) in [7, 11) is 0. The molecule has 5 rings (SSSR count). The summed E-state index contributed by atoms with van der Waals surface area (Å²) < 4.78 is 3.38. The lowest BCUT2D eigenvalue weighted by molar-refractivity contribution is -0.383. The van der Waals surface area contributed by atoms with Crippen LogP contribution in [0.15, 0.2) is 30.9 Å². The maximum Gasteiger partial charge on any atom is 0.322 e. The number of rotatable bonds is 3. The van der Waals surface area contributed by atoms with E-state index in [9.17, 15) is 19.7 Å². The van der Waals surface area contributed by atoms with Crippen LogP contribution in [0.4, 0.5) is 5.69 Å². The topological polar surface area (TPSA) is 172 Å². The summed E-state index contributed by atoms with van der Waals surface area (Å²) in [5, 5.41) is 24.2. The number of nitrogens with one attached hydrogen (secondary N) is 3. The zero-order chi connectivity index (χ0) is 22.9. The predicted molar refractivity (Wildman–Crippen MR) is 120 cm³/mol. The molecule has 15 heteroatoms. The van der Waals surface area contributed by atoms with Gasteiger partial charge in [-0.05, 0) is 45.7 Å². The van der Waals surface area contributed by atoms with Crippen molar-refractivity contribution < 1.29 is 4.92 Å². The molecule has 0 fully saturated rings. The second kappa shape index (κ2) is 6.96. The molecule has 0 unspecified atom stereocenters. The first-order valence-corrected chi connectivity index (χ1v) is 10.5. The lowest BCUT2D eigenvalue weighted by Crippen LogP contribution is -2.04. The van der Waals surface area contributed by atoms with Crippen LogP contribution in [-0.2, 0) is 0 Å². The van der Waals surface area contributed by atoms with Crippen LogP contribution in [0.3, 0.4) is 0 Å². The number of nitrogens with zero attached hydrogens (tertiary/aromatic N) is 6. The molecular formula is C17H11Br2N9O4. The second-order valence-corrected chi connectivity index (χ2v) is 8.48. The third kappa shape index (κ3) is 2.70. The minimum absolute atomic E-state index is 0.0456. The van der Waals surface area contributed by atoms with Crippen LogP contribution >= 0.6 is 31.9 Å². The lowest BCUT2D eigenvalue weighted by Gasteiger charge is -2.07.